The molecule has 0 unspecified atom stereocenters. The number of rotatable bonds is 5. The minimum Gasteiger partial charge on any atom is -0.311 e. The molecule has 1 saturated carbocycles. The average Bonchev–Trinajstić information content (AvgIpc) is 2.36. The second kappa shape index (κ2) is 6.67. The third-order valence-corrected chi connectivity index (χ3v) is 5.01. The fourth-order valence-corrected chi connectivity index (χ4v) is 2.31. The molecule has 0 saturated heterocycles. The Balaban J connectivity index is 2.36. The van der Waals surface area contributed by atoms with Crippen molar-refractivity contribution >= 4 is 24.4 Å². The predicted octanol–water partition coefficient (Wildman–Crippen LogP) is 2.13. The van der Waals surface area contributed by atoms with Crippen LogP contribution in [-0.2, 0) is 30.3 Å². The van der Waals surface area contributed by atoms with Gasteiger partial charge < -0.3 is 9.05 Å². The van der Waals surface area contributed by atoms with Gasteiger partial charge in [0.25, 0.3) is 0 Å². The monoisotopic (exact) mass is 267 g/mol. The summed E-state index contributed by atoms with van der Waals surface area (Å²) in [7, 11) is 2.80. The van der Waals surface area contributed by atoms with Gasteiger partial charge in [-0.2, -0.15) is 4.62 Å². The van der Waals surface area contributed by atoms with Crippen LogP contribution < -0.4 is 5.48 Å². The van der Waals surface area contributed by atoms with E-state index < -0.39 is 6.72 Å². The molecule has 7 heteroatoms. The summed E-state index contributed by atoms with van der Waals surface area (Å²) in [6.45, 7) is -2.78. The summed E-state index contributed by atoms with van der Waals surface area (Å²) in [6.07, 6.45) is 5.23. The lowest BCUT2D eigenvalue weighted by Gasteiger charge is -2.22. The summed E-state index contributed by atoms with van der Waals surface area (Å²) in [4.78, 5) is 11.7. The summed E-state index contributed by atoms with van der Waals surface area (Å²) in [5.41, 5.74) is 2.35. The Labute approximate surface area is 101 Å². The second-order valence-electron chi connectivity index (χ2n) is 3.70. The molecule has 0 aromatic carbocycles. The van der Waals surface area contributed by atoms with E-state index in [2.05, 4.69) is 5.48 Å². The molecular weight excluding hydrogens is 249 g/mol. The highest BCUT2D eigenvalue weighted by Gasteiger charge is 2.24. The second-order valence-corrected chi connectivity index (χ2v) is 6.85. The Kier molecular flexibility index (Phi) is 5.86. The van der Waals surface area contributed by atoms with Gasteiger partial charge in [0, 0.05) is 20.1 Å². The summed E-state index contributed by atoms with van der Waals surface area (Å²) < 4.78 is 14.8. The van der Waals surface area contributed by atoms with Crippen molar-refractivity contribution in [3.8, 4) is 0 Å². The van der Waals surface area contributed by atoms with Gasteiger partial charge in [0.1, 0.15) is 0 Å². The van der Waals surface area contributed by atoms with Crippen molar-refractivity contribution in [2.75, 3.05) is 14.2 Å². The van der Waals surface area contributed by atoms with Gasteiger partial charge in [-0.25, -0.2) is 5.48 Å². The Bertz CT molecular complexity index is 273. The van der Waals surface area contributed by atoms with Crippen LogP contribution in [0.4, 0.5) is 0 Å². The number of hydrogen-bond donors (Lipinski definition) is 1. The fourth-order valence-electron chi connectivity index (χ4n) is 1.70. The molecule has 1 aliphatic rings. The van der Waals surface area contributed by atoms with Crippen LogP contribution >= 0.6 is 6.72 Å². The molecule has 0 aliphatic heterocycles. The highest BCUT2D eigenvalue weighted by molar-refractivity contribution is 8.07. The zero-order chi connectivity index (χ0) is 12.0. The van der Waals surface area contributed by atoms with Crippen molar-refractivity contribution in [1.29, 1.82) is 0 Å². The van der Waals surface area contributed by atoms with Gasteiger partial charge in [0.05, 0.1) is 0 Å². The Morgan fingerprint density at radius 1 is 1.25 bits per heavy atom. The first-order valence-electron chi connectivity index (χ1n) is 5.31. The molecule has 16 heavy (non-hydrogen) atoms. The Morgan fingerprint density at radius 3 is 2.31 bits per heavy atom. The van der Waals surface area contributed by atoms with E-state index in [9.17, 15) is 4.79 Å². The molecule has 0 aromatic rings. The number of amides is 1. The first-order valence-corrected chi connectivity index (χ1v) is 7.87. The van der Waals surface area contributed by atoms with Gasteiger partial charge in [-0.15, -0.1) is 0 Å². The highest BCUT2D eigenvalue weighted by atomic mass is 32.5. The molecule has 94 valence electrons. The van der Waals surface area contributed by atoms with Crippen LogP contribution in [-0.4, -0.2) is 20.1 Å². The Morgan fingerprint density at radius 2 is 1.81 bits per heavy atom. The van der Waals surface area contributed by atoms with Crippen molar-refractivity contribution in [2.24, 2.45) is 5.92 Å². The lowest BCUT2D eigenvalue weighted by atomic mass is 9.89. The Hall–Kier alpha value is -0.000000000000000111. The molecule has 0 spiro atoms. The van der Waals surface area contributed by atoms with Crippen LogP contribution in [0.3, 0.4) is 0 Å². The lowest BCUT2D eigenvalue weighted by molar-refractivity contribution is -0.133. The zero-order valence-corrected chi connectivity index (χ0v) is 11.3. The normalized spacial score (nSPS) is 18.4. The van der Waals surface area contributed by atoms with Crippen molar-refractivity contribution in [3.05, 3.63) is 0 Å². The molecule has 1 N–H and O–H groups in total. The molecule has 5 nitrogen and oxygen atoms in total. The topological polar surface area (TPSA) is 56.8 Å². The summed E-state index contributed by atoms with van der Waals surface area (Å²) >= 11 is 4.95. The van der Waals surface area contributed by atoms with E-state index >= 15 is 0 Å². The van der Waals surface area contributed by atoms with Crippen molar-refractivity contribution in [3.63, 3.8) is 0 Å². The minimum atomic E-state index is -2.78. The van der Waals surface area contributed by atoms with E-state index in [1.807, 2.05) is 0 Å². The largest absolute Gasteiger partial charge is 0.348 e. The maximum Gasteiger partial charge on any atom is 0.348 e. The van der Waals surface area contributed by atoms with Gasteiger partial charge in [-0.05, 0) is 24.6 Å². The molecule has 0 atom stereocenters. The molecule has 0 heterocycles. The number of hydrogen-bond acceptors (Lipinski definition) is 5. The van der Waals surface area contributed by atoms with Crippen LogP contribution in [0.2, 0.25) is 0 Å². The fraction of sp³-hybridized carbons (Fsp3) is 0.889. The first-order chi connectivity index (χ1) is 7.61. The molecule has 1 fully saturated rings. The quantitative estimate of drug-likeness (QED) is 0.611. The SMILES string of the molecule is COP(=S)(OC)ONC(=O)C1CCCCC1. The molecule has 1 aliphatic carbocycles. The maximum atomic E-state index is 11.7. The van der Waals surface area contributed by atoms with Gasteiger partial charge >= 0.3 is 6.72 Å². The average molecular weight is 267 g/mol. The standard InChI is InChI=1S/C9H18NO4PS/c1-12-15(16,13-2)14-10-9(11)8-6-4-3-5-7-8/h8H,3-7H2,1-2H3,(H,10,11). The van der Waals surface area contributed by atoms with Gasteiger partial charge in [0.2, 0.25) is 5.91 Å². The van der Waals surface area contributed by atoms with Crippen LogP contribution in [0.15, 0.2) is 0 Å². The highest BCUT2D eigenvalue weighted by Crippen LogP contribution is 2.46. The molecule has 1 rings (SSSR count). The summed E-state index contributed by atoms with van der Waals surface area (Å²) in [5.74, 6) is -0.0889. The summed E-state index contributed by atoms with van der Waals surface area (Å²) in [6, 6.07) is 0. The van der Waals surface area contributed by atoms with Gasteiger partial charge in [0.15, 0.2) is 0 Å². The number of carbonyl (C=O) groups excluding carboxylic acids is 1. The van der Waals surface area contributed by atoms with Crippen molar-refractivity contribution in [1.82, 2.24) is 5.48 Å². The van der Waals surface area contributed by atoms with E-state index in [0.29, 0.717) is 0 Å². The van der Waals surface area contributed by atoms with E-state index in [0.717, 1.165) is 25.7 Å². The van der Waals surface area contributed by atoms with Gasteiger partial charge in [-0.3, -0.25) is 4.79 Å². The number of carbonyl (C=O) groups is 1. The van der Waals surface area contributed by atoms with Crippen LogP contribution in [0.1, 0.15) is 32.1 Å². The van der Waals surface area contributed by atoms with E-state index in [1.54, 1.807) is 0 Å². The zero-order valence-electron chi connectivity index (χ0n) is 9.60. The smallest absolute Gasteiger partial charge is 0.311 e. The molecule has 0 bridgehead atoms. The van der Waals surface area contributed by atoms with E-state index in [1.165, 1.54) is 20.6 Å². The lowest BCUT2D eigenvalue weighted by Crippen LogP contribution is -2.31. The minimum absolute atomic E-state index is 0.0333. The third kappa shape index (κ3) is 4.11. The van der Waals surface area contributed by atoms with Crippen LogP contribution in [0, 0.1) is 5.92 Å². The number of nitrogens with one attached hydrogen (secondary N) is 1. The van der Waals surface area contributed by atoms with E-state index in [-0.39, 0.29) is 11.8 Å². The molecule has 0 aromatic heterocycles. The molecular formula is C9H18NO4PS. The van der Waals surface area contributed by atoms with Crippen molar-refractivity contribution < 1.29 is 18.5 Å². The number of hydroxylamine groups is 1. The molecule has 1 amide bonds. The van der Waals surface area contributed by atoms with Gasteiger partial charge in [-0.1, -0.05) is 19.3 Å². The van der Waals surface area contributed by atoms with E-state index in [4.69, 9.17) is 25.5 Å². The molecule has 0 radical (unpaired) electrons. The van der Waals surface area contributed by atoms with Crippen LogP contribution in [0.5, 0.6) is 0 Å². The third-order valence-electron chi connectivity index (χ3n) is 2.68. The summed E-state index contributed by atoms with van der Waals surface area (Å²) in [5, 5.41) is 0. The van der Waals surface area contributed by atoms with Crippen LogP contribution in [0.25, 0.3) is 0 Å². The van der Waals surface area contributed by atoms with Crippen molar-refractivity contribution in [2.45, 2.75) is 32.1 Å². The predicted molar refractivity (Wildman–Crippen MR) is 64.1 cm³/mol. The maximum absolute atomic E-state index is 11.7. The first kappa shape index (κ1) is 14.1.